The first kappa shape index (κ1) is 15.9. The lowest BCUT2D eigenvalue weighted by Crippen LogP contribution is -2.37. The molecule has 1 aliphatic carbocycles. The van der Waals surface area contributed by atoms with Gasteiger partial charge in [0.1, 0.15) is 0 Å². The maximum absolute atomic E-state index is 11.9. The largest absolute Gasteiger partial charge is 0.338 e. The molecule has 2 atom stereocenters. The number of rotatable bonds is 7. The van der Waals surface area contributed by atoms with E-state index in [-0.39, 0.29) is 12.1 Å². The molecule has 1 aliphatic rings. The van der Waals surface area contributed by atoms with Crippen LogP contribution >= 0.6 is 11.6 Å². The molecule has 2 N–H and O–H groups in total. The number of nitrogens with one attached hydrogen (secondary N) is 2. The van der Waals surface area contributed by atoms with Gasteiger partial charge in [-0.1, -0.05) is 23.7 Å². The van der Waals surface area contributed by atoms with Crippen LogP contribution in [-0.2, 0) is 6.54 Å². The molecule has 6 heteroatoms. The van der Waals surface area contributed by atoms with Crippen LogP contribution in [0.3, 0.4) is 0 Å². The zero-order chi connectivity index (χ0) is 16.1. The van der Waals surface area contributed by atoms with Crippen LogP contribution in [0.25, 0.3) is 0 Å². The molecule has 1 heterocycles. The lowest BCUT2D eigenvalue weighted by molar-refractivity contribution is 0.240. The van der Waals surface area contributed by atoms with Crippen molar-refractivity contribution in [3.8, 4) is 0 Å². The predicted octanol–water partition coefficient (Wildman–Crippen LogP) is 3.17. The minimum absolute atomic E-state index is 0.0813. The molecular formula is C17H21ClN4O. The summed E-state index contributed by atoms with van der Waals surface area (Å²) >= 11 is 6.00. The van der Waals surface area contributed by atoms with Gasteiger partial charge in [-0.2, -0.15) is 0 Å². The number of nitrogens with zero attached hydrogens (tertiary/aromatic N) is 2. The van der Waals surface area contributed by atoms with Crippen molar-refractivity contribution in [3.05, 3.63) is 53.6 Å². The van der Waals surface area contributed by atoms with Crippen molar-refractivity contribution in [2.75, 3.05) is 6.54 Å². The van der Waals surface area contributed by atoms with Gasteiger partial charge in [0, 0.05) is 42.5 Å². The molecule has 1 aromatic carbocycles. The molecule has 0 unspecified atom stereocenters. The van der Waals surface area contributed by atoms with Gasteiger partial charge < -0.3 is 15.2 Å². The van der Waals surface area contributed by atoms with E-state index in [0.717, 1.165) is 30.8 Å². The molecule has 0 saturated heterocycles. The molecule has 0 aliphatic heterocycles. The van der Waals surface area contributed by atoms with Gasteiger partial charge in [0.2, 0.25) is 0 Å². The fourth-order valence-corrected chi connectivity index (χ4v) is 2.92. The monoisotopic (exact) mass is 332 g/mol. The molecule has 1 fully saturated rings. The van der Waals surface area contributed by atoms with Crippen molar-refractivity contribution >= 4 is 17.6 Å². The lowest BCUT2D eigenvalue weighted by Gasteiger charge is -2.08. The second-order valence-electron chi connectivity index (χ2n) is 5.91. The second-order valence-corrected chi connectivity index (χ2v) is 6.35. The summed E-state index contributed by atoms with van der Waals surface area (Å²) < 4.78 is 2.04. The number of aromatic nitrogens is 2. The Morgan fingerprint density at radius 1 is 1.39 bits per heavy atom. The van der Waals surface area contributed by atoms with Gasteiger partial charge in [0.25, 0.3) is 0 Å². The van der Waals surface area contributed by atoms with Gasteiger partial charge in [-0.25, -0.2) is 9.78 Å². The summed E-state index contributed by atoms with van der Waals surface area (Å²) in [5.41, 5.74) is 1.20. The fraction of sp³-hybridized carbons (Fsp3) is 0.412. The summed E-state index contributed by atoms with van der Waals surface area (Å²) in [5, 5.41) is 6.68. The summed E-state index contributed by atoms with van der Waals surface area (Å²) in [6, 6.07) is 8.00. The Bertz CT molecular complexity index is 644. The van der Waals surface area contributed by atoms with Gasteiger partial charge >= 0.3 is 6.03 Å². The molecular weight excluding hydrogens is 312 g/mol. The van der Waals surface area contributed by atoms with E-state index in [4.69, 9.17) is 11.6 Å². The summed E-state index contributed by atoms with van der Waals surface area (Å²) in [7, 11) is 0. The van der Waals surface area contributed by atoms with Crippen LogP contribution in [0.4, 0.5) is 4.79 Å². The minimum Gasteiger partial charge on any atom is -0.338 e. The van der Waals surface area contributed by atoms with E-state index in [0.29, 0.717) is 12.5 Å². The van der Waals surface area contributed by atoms with Crippen molar-refractivity contribution in [2.24, 2.45) is 0 Å². The van der Waals surface area contributed by atoms with Crippen LogP contribution in [0, 0.1) is 0 Å². The zero-order valence-corrected chi connectivity index (χ0v) is 13.7. The molecule has 2 aromatic rings. The molecule has 3 rings (SSSR count). The highest BCUT2D eigenvalue weighted by Crippen LogP contribution is 2.41. The smallest absolute Gasteiger partial charge is 0.315 e. The Hall–Kier alpha value is -2.01. The number of unbranched alkanes of at least 4 members (excludes halogenated alkanes) is 1. The van der Waals surface area contributed by atoms with Gasteiger partial charge in [-0.3, -0.25) is 0 Å². The molecule has 23 heavy (non-hydrogen) atoms. The molecule has 5 nitrogen and oxygen atoms in total. The Balaban J connectivity index is 1.30. The topological polar surface area (TPSA) is 59.0 Å². The average molecular weight is 333 g/mol. The summed E-state index contributed by atoms with van der Waals surface area (Å²) in [6.45, 7) is 1.62. The van der Waals surface area contributed by atoms with Gasteiger partial charge in [0.05, 0.1) is 6.33 Å². The number of hydrogen-bond donors (Lipinski definition) is 2. The highest BCUT2D eigenvalue weighted by Gasteiger charge is 2.39. The van der Waals surface area contributed by atoms with E-state index in [1.54, 1.807) is 6.20 Å². The van der Waals surface area contributed by atoms with E-state index in [2.05, 4.69) is 21.7 Å². The zero-order valence-electron chi connectivity index (χ0n) is 12.9. The second kappa shape index (κ2) is 7.51. The van der Waals surface area contributed by atoms with Crippen LogP contribution < -0.4 is 10.6 Å². The third kappa shape index (κ3) is 4.73. The number of aryl methyl sites for hydroxylation is 1. The first-order chi connectivity index (χ1) is 11.2. The Morgan fingerprint density at radius 3 is 3.09 bits per heavy atom. The molecule has 0 radical (unpaired) electrons. The predicted molar refractivity (Wildman–Crippen MR) is 90.6 cm³/mol. The summed E-state index contributed by atoms with van der Waals surface area (Å²) in [4.78, 5) is 15.9. The SMILES string of the molecule is O=C(NCCCCn1ccnc1)N[C@H]1C[C@H]1c1cccc(Cl)c1. The number of carbonyl (C=O) groups excluding carboxylic acids is 1. The standard InChI is InChI=1S/C17H21ClN4O/c18-14-5-3-4-13(10-14)15-11-16(15)21-17(23)20-6-1-2-8-22-9-7-19-12-22/h3-5,7,9-10,12,15-16H,1-2,6,8,11H2,(H2,20,21,23)/t15-,16-/m0/s1. The molecule has 1 saturated carbocycles. The lowest BCUT2D eigenvalue weighted by atomic mass is 10.1. The Morgan fingerprint density at radius 2 is 2.30 bits per heavy atom. The number of amides is 2. The maximum atomic E-state index is 11.9. The van der Waals surface area contributed by atoms with Crippen molar-refractivity contribution < 1.29 is 4.79 Å². The van der Waals surface area contributed by atoms with Crippen molar-refractivity contribution in [1.82, 2.24) is 20.2 Å². The maximum Gasteiger partial charge on any atom is 0.315 e. The van der Waals surface area contributed by atoms with Crippen LogP contribution in [0.15, 0.2) is 43.0 Å². The number of carbonyl (C=O) groups is 1. The highest BCUT2D eigenvalue weighted by molar-refractivity contribution is 6.30. The van der Waals surface area contributed by atoms with Crippen LogP contribution in [-0.4, -0.2) is 28.2 Å². The average Bonchev–Trinajstić information content (AvgIpc) is 3.09. The van der Waals surface area contributed by atoms with E-state index in [9.17, 15) is 4.79 Å². The van der Waals surface area contributed by atoms with Crippen LogP contribution in [0.1, 0.15) is 30.7 Å². The summed E-state index contributed by atoms with van der Waals surface area (Å²) in [6.07, 6.45) is 8.48. The third-order valence-corrected chi connectivity index (χ3v) is 4.31. The van der Waals surface area contributed by atoms with E-state index in [1.807, 2.05) is 35.3 Å². The number of urea groups is 1. The molecule has 1 aromatic heterocycles. The molecule has 0 bridgehead atoms. The van der Waals surface area contributed by atoms with Crippen LogP contribution in [0.5, 0.6) is 0 Å². The summed E-state index contributed by atoms with van der Waals surface area (Å²) in [5.74, 6) is 0.390. The van der Waals surface area contributed by atoms with E-state index >= 15 is 0 Å². The molecule has 122 valence electrons. The quantitative estimate of drug-likeness (QED) is 0.765. The van der Waals surface area contributed by atoms with Gasteiger partial charge in [-0.05, 0) is 37.0 Å². The number of benzene rings is 1. The van der Waals surface area contributed by atoms with Crippen molar-refractivity contribution in [2.45, 2.75) is 37.8 Å². The van der Waals surface area contributed by atoms with Crippen LogP contribution in [0.2, 0.25) is 5.02 Å². The Labute approximate surface area is 141 Å². The number of imidazole rings is 1. The van der Waals surface area contributed by atoms with E-state index in [1.165, 1.54) is 5.56 Å². The van der Waals surface area contributed by atoms with Crippen molar-refractivity contribution in [3.63, 3.8) is 0 Å². The van der Waals surface area contributed by atoms with E-state index < -0.39 is 0 Å². The first-order valence-electron chi connectivity index (χ1n) is 7.98. The number of hydrogen-bond acceptors (Lipinski definition) is 2. The van der Waals surface area contributed by atoms with Gasteiger partial charge in [0.15, 0.2) is 0 Å². The highest BCUT2D eigenvalue weighted by atomic mass is 35.5. The number of halogens is 1. The molecule has 2 amide bonds. The Kier molecular flexibility index (Phi) is 5.18. The van der Waals surface area contributed by atoms with Gasteiger partial charge in [-0.15, -0.1) is 0 Å². The molecule has 0 spiro atoms. The van der Waals surface area contributed by atoms with Crippen molar-refractivity contribution in [1.29, 1.82) is 0 Å². The normalized spacial score (nSPS) is 19.3. The minimum atomic E-state index is -0.0813. The fourth-order valence-electron chi connectivity index (χ4n) is 2.72. The first-order valence-corrected chi connectivity index (χ1v) is 8.36. The third-order valence-electron chi connectivity index (χ3n) is 4.07.